The van der Waals surface area contributed by atoms with Crippen LogP contribution < -0.4 is 15.2 Å². The van der Waals surface area contributed by atoms with Gasteiger partial charge in [0.05, 0.1) is 0 Å². The second-order valence-corrected chi connectivity index (χ2v) is 4.85. The quantitative estimate of drug-likeness (QED) is 0.867. The highest BCUT2D eigenvalue weighted by molar-refractivity contribution is 9.10. The Labute approximate surface area is 103 Å². The first kappa shape index (κ1) is 11.5. The molecule has 1 aromatic rings. The summed E-state index contributed by atoms with van der Waals surface area (Å²) in [6, 6.07) is 3.76. The Morgan fingerprint density at radius 1 is 1.50 bits per heavy atom. The number of rotatable bonds is 3. The second kappa shape index (κ2) is 4.47. The zero-order valence-electron chi connectivity index (χ0n) is 9.13. The van der Waals surface area contributed by atoms with Crippen LogP contribution in [0, 0.1) is 0 Å². The van der Waals surface area contributed by atoms with E-state index in [1.807, 2.05) is 19.1 Å². The molecule has 0 aliphatic carbocycles. The van der Waals surface area contributed by atoms with Gasteiger partial charge in [0, 0.05) is 10.5 Å². The minimum absolute atomic E-state index is 0.0682. The van der Waals surface area contributed by atoms with E-state index in [4.69, 9.17) is 15.2 Å². The van der Waals surface area contributed by atoms with Gasteiger partial charge >= 0.3 is 0 Å². The largest absolute Gasteiger partial charge is 0.454 e. The van der Waals surface area contributed by atoms with Gasteiger partial charge < -0.3 is 15.2 Å². The van der Waals surface area contributed by atoms with Crippen molar-refractivity contribution in [3.05, 3.63) is 34.3 Å². The molecule has 1 aromatic carbocycles. The van der Waals surface area contributed by atoms with Crippen LogP contribution in [-0.4, -0.2) is 6.79 Å². The van der Waals surface area contributed by atoms with Crippen LogP contribution in [0.25, 0.3) is 0 Å². The number of hydrogen-bond acceptors (Lipinski definition) is 3. The maximum absolute atomic E-state index is 6.10. The van der Waals surface area contributed by atoms with Crippen molar-refractivity contribution < 1.29 is 9.47 Å². The molecule has 0 saturated carbocycles. The highest BCUT2D eigenvalue weighted by Gasteiger charge is 2.19. The predicted molar refractivity (Wildman–Crippen MR) is 66.6 cm³/mol. The summed E-state index contributed by atoms with van der Waals surface area (Å²) in [6.07, 6.45) is 0.762. The molecule has 0 amide bonds. The number of hydrogen-bond donors (Lipinski definition) is 1. The van der Waals surface area contributed by atoms with E-state index in [1.165, 1.54) is 0 Å². The van der Waals surface area contributed by atoms with Crippen LogP contribution in [0.15, 0.2) is 28.8 Å². The fourth-order valence-corrected chi connectivity index (χ4v) is 2.32. The van der Waals surface area contributed by atoms with Crippen molar-refractivity contribution in [3.63, 3.8) is 0 Å². The van der Waals surface area contributed by atoms with Crippen LogP contribution in [0.3, 0.4) is 0 Å². The van der Waals surface area contributed by atoms with E-state index >= 15 is 0 Å². The van der Waals surface area contributed by atoms with Crippen molar-refractivity contribution in [1.82, 2.24) is 0 Å². The molecule has 0 radical (unpaired) electrons. The highest BCUT2D eigenvalue weighted by atomic mass is 79.9. The van der Waals surface area contributed by atoms with Crippen LogP contribution >= 0.6 is 15.9 Å². The lowest BCUT2D eigenvalue weighted by atomic mass is 10.0. The van der Waals surface area contributed by atoms with Crippen LogP contribution in [0.1, 0.15) is 24.9 Å². The Morgan fingerprint density at radius 3 is 2.75 bits per heavy atom. The molecular weight excluding hydrogens is 270 g/mol. The molecule has 4 heteroatoms. The molecule has 0 unspecified atom stereocenters. The zero-order valence-corrected chi connectivity index (χ0v) is 10.7. The average Bonchev–Trinajstić information content (AvgIpc) is 2.61. The molecule has 3 nitrogen and oxygen atoms in total. The molecule has 1 aliphatic rings. The fraction of sp³-hybridized carbons (Fsp3) is 0.333. The van der Waals surface area contributed by atoms with Gasteiger partial charge in [-0.05, 0) is 31.0 Å². The van der Waals surface area contributed by atoms with E-state index in [2.05, 4.69) is 22.5 Å². The van der Waals surface area contributed by atoms with Crippen LogP contribution in [-0.2, 0) is 0 Å². The third-order valence-electron chi connectivity index (χ3n) is 2.46. The Balaban J connectivity index is 2.30. The van der Waals surface area contributed by atoms with Gasteiger partial charge in [0.15, 0.2) is 11.5 Å². The first-order valence-electron chi connectivity index (χ1n) is 5.07. The van der Waals surface area contributed by atoms with E-state index in [0.29, 0.717) is 0 Å². The zero-order chi connectivity index (χ0) is 11.7. The van der Waals surface area contributed by atoms with Gasteiger partial charge in [-0.25, -0.2) is 0 Å². The average molecular weight is 284 g/mol. The van der Waals surface area contributed by atoms with Crippen LogP contribution in [0.4, 0.5) is 0 Å². The lowest BCUT2D eigenvalue weighted by Gasteiger charge is -2.14. The molecule has 2 N–H and O–H groups in total. The molecule has 0 fully saturated rings. The lowest BCUT2D eigenvalue weighted by Crippen LogP contribution is -2.11. The van der Waals surface area contributed by atoms with Crippen molar-refractivity contribution in [2.45, 2.75) is 19.4 Å². The Bertz CT molecular complexity index is 431. The monoisotopic (exact) mass is 283 g/mol. The van der Waals surface area contributed by atoms with Crippen molar-refractivity contribution >= 4 is 15.9 Å². The fourth-order valence-electron chi connectivity index (χ4n) is 1.70. The van der Waals surface area contributed by atoms with Gasteiger partial charge in [0.1, 0.15) is 0 Å². The molecule has 1 heterocycles. The summed E-state index contributed by atoms with van der Waals surface area (Å²) in [4.78, 5) is 0. The van der Waals surface area contributed by atoms with E-state index < -0.39 is 0 Å². The van der Waals surface area contributed by atoms with Crippen molar-refractivity contribution in [1.29, 1.82) is 0 Å². The predicted octanol–water partition coefficient (Wildman–Crippen LogP) is 3.14. The minimum Gasteiger partial charge on any atom is -0.454 e. The summed E-state index contributed by atoms with van der Waals surface area (Å²) in [5.41, 5.74) is 8.19. The number of ether oxygens (including phenoxy) is 2. The molecule has 86 valence electrons. The third kappa shape index (κ3) is 2.23. The summed E-state index contributed by atoms with van der Waals surface area (Å²) in [7, 11) is 0. The van der Waals surface area contributed by atoms with Gasteiger partial charge in [0.2, 0.25) is 6.79 Å². The summed E-state index contributed by atoms with van der Waals surface area (Å²) in [6.45, 7) is 6.12. The maximum atomic E-state index is 6.10. The van der Waals surface area contributed by atoms with Crippen LogP contribution in [0.2, 0.25) is 0 Å². The maximum Gasteiger partial charge on any atom is 0.231 e. The molecule has 0 aromatic heterocycles. The second-order valence-electron chi connectivity index (χ2n) is 3.99. The number of benzene rings is 1. The molecule has 1 atom stereocenters. The first-order valence-corrected chi connectivity index (χ1v) is 5.86. The topological polar surface area (TPSA) is 44.5 Å². The van der Waals surface area contributed by atoms with Gasteiger partial charge in [-0.15, -0.1) is 6.58 Å². The first-order chi connectivity index (χ1) is 7.58. The smallest absolute Gasteiger partial charge is 0.231 e. The van der Waals surface area contributed by atoms with E-state index in [1.54, 1.807) is 0 Å². The SMILES string of the molecule is C=C(C)C[C@@H](N)c1cc2c(cc1Br)OCO2. The summed E-state index contributed by atoms with van der Waals surface area (Å²) in [5, 5.41) is 0. The normalized spacial score (nSPS) is 14.9. The highest BCUT2D eigenvalue weighted by Crippen LogP contribution is 2.39. The van der Waals surface area contributed by atoms with Crippen molar-refractivity contribution in [2.75, 3.05) is 6.79 Å². The molecule has 0 saturated heterocycles. The summed E-state index contributed by atoms with van der Waals surface area (Å²) in [5.74, 6) is 1.52. The number of nitrogens with two attached hydrogens (primary N) is 1. The number of fused-ring (bicyclic) bond motifs is 1. The van der Waals surface area contributed by atoms with Gasteiger partial charge in [-0.2, -0.15) is 0 Å². The van der Waals surface area contributed by atoms with Crippen molar-refractivity contribution in [3.8, 4) is 11.5 Å². The Kier molecular flexibility index (Phi) is 3.21. The number of halogens is 1. The Morgan fingerprint density at radius 2 is 2.12 bits per heavy atom. The Hall–Kier alpha value is -1.00. The van der Waals surface area contributed by atoms with Gasteiger partial charge in [-0.3, -0.25) is 0 Å². The molecule has 0 spiro atoms. The van der Waals surface area contributed by atoms with Gasteiger partial charge in [-0.1, -0.05) is 21.5 Å². The molecule has 16 heavy (non-hydrogen) atoms. The van der Waals surface area contributed by atoms with Crippen LogP contribution in [0.5, 0.6) is 11.5 Å². The summed E-state index contributed by atoms with van der Waals surface area (Å²) >= 11 is 3.50. The van der Waals surface area contributed by atoms with E-state index in [-0.39, 0.29) is 12.8 Å². The standard InChI is InChI=1S/C12H14BrNO2/c1-7(2)3-10(14)8-4-11-12(5-9(8)13)16-6-15-11/h4-5,10H,1,3,6,14H2,2H3/t10-/m1/s1. The molecule has 0 bridgehead atoms. The summed E-state index contributed by atoms with van der Waals surface area (Å²) < 4.78 is 11.6. The molecular formula is C12H14BrNO2. The van der Waals surface area contributed by atoms with E-state index in [0.717, 1.165) is 33.5 Å². The third-order valence-corrected chi connectivity index (χ3v) is 3.15. The lowest BCUT2D eigenvalue weighted by molar-refractivity contribution is 0.174. The van der Waals surface area contributed by atoms with Crippen molar-refractivity contribution in [2.24, 2.45) is 5.73 Å². The molecule has 1 aliphatic heterocycles. The van der Waals surface area contributed by atoms with E-state index in [9.17, 15) is 0 Å². The van der Waals surface area contributed by atoms with Gasteiger partial charge in [0.25, 0.3) is 0 Å². The molecule has 2 rings (SSSR count). The minimum atomic E-state index is -0.0682.